The number of hydrogen-bond donors (Lipinski definition) is 1. The Balaban J connectivity index is 2.47. The lowest BCUT2D eigenvalue weighted by atomic mass is 9.85. The van der Waals surface area contributed by atoms with Gasteiger partial charge in [0.1, 0.15) is 0 Å². The predicted octanol–water partition coefficient (Wildman–Crippen LogP) is 3.43. The zero-order chi connectivity index (χ0) is 18.4. The van der Waals surface area contributed by atoms with Crippen molar-refractivity contribution >= 4 is 17.6 Å². The molecule has 0 aliphatic carbocycles. The van der Waals surface area contributed by atoms with Crippen LogP contribution in [-0.2, 0) is 19.1 Å². The van der Waals surface area contributed by atoms with E-state index in [0.29, 0.717) is 29.1 Å². The standard InChI is InChI=1S/C20H25NO4/c1-5-12-25-19(22)16-13(3)17(20(23)24-6-2)18(21-14(16)4)15-10-8-7-9-11-15/h7-11,13,21H,5-6,12H2,1-4H3/t13-/m1/s1. The van der Waals surface area contributed by atoms with Gasteiger partial charge in [-0.2, -0.15) is 0 Å². The molecule has 1 heterocycles. The number of benzene rings is 1. The van der Waals surface area contributed by atoms with Crippen molar-refractivity contribution < 1.29 is 19.1 Å². The summed E-state index contributed by atoms with van der Waals surface area (Å²) in [6.45, 7) is 7.99. The number of carbonyl (C=O) groups is 2. The van der Waals surface area contributed by atoms with Crippen molar-refractivity contribution in [1.82, 2.24) is 5.32 Å². The largest absolute Gasteiger partial charge is 0.463 e. The van der Waals surface area contributed by atoms with Gasteiger partial charge < -0.3 is 14.8 Å². The summed E-state index contributed by atoms with van der Waals surface area (Å²) in [5, 5.41) is 3.22. The summed E-state index contributed by atoms with van der Waals surface area (Å²) in [4.78, 5) is 25.0. The molecule has 25 heavy (non-hydrogen) atoms. The fourth-order valence-electron chi connectivity index (χ4n) is 2.93. The van der Waals surface area contributed by atoms with Crippen LogP contribution in [0, 0.1) is 5.92 Å². The minimum Gasteiger partial charge on any atom is -0.463 e. The van der Waals surface area contributed by atoms with Crippen LogP contribution in [0.2, 0.25) is 0 Å². The van der Waals surface area contributed by atoms with E-state index in [9.17, 15) is 9.59 Å². The number of carbonyl (C=O) groups excluding carboxylic acids is 2. The van der Waals surface area contributed by atoms with E-state index in [-0.39, 0.29) is 6.61 Å². The molecular weight excluding hydrogens is 318 g/mol. The van der Waals surface area contributed by atoms with Crippen molar-refractivity contribution in [2.75, 3.05) is 13.2 Å². The topological polar surface area (TPSA) is 64.6 Å². The second-order valence-corrected chi connectivity index (χ2v) is 5.90. The zero-order valence-corrected chi connectivity index (χ0v) is 15.2. The number of hydrogen-bond acceptors (Lipinski definition) is 5. The summed E-state index contributed by atoms with van der Waals surface area (Å²) < 4.78 is 10.5. The Morgan fingerprint density at radius 3 is 2.28 bits per heavy atom. The van der Waals surface area contributed by atoms with Crippen LogP contribution in [0.5, 0.6) is 0 Å². The van der Waals surface area contributed by atoms with Gasteiger partial charge in [-0.25, -0.2) is 9.59 Å². The third-order valence-electron chi connectivity index (χ3n) is 4.07. The minimum absolute atomic E-state index is 0.273. The second kappa shape index (κ2) is 8.51. The highest BCUT2D eigenvalue weighted by atomic mass is 16.5. The van der Waals surface area contributed by atoms with Crippen molar-refractivity contribution in [2.45, 2.75) is 34.1 Å². The van der Waals surface area contributed by atoms with E-state index in [1.54, 1.807) is 6.92 Å². The monoisotopic (exact) mass is 343 g/mol. The van der Waals surface area contributed by atoms with Crippen LogP contribution < -0.4 is 5.32 Å². The first-order valence-corrected chi connectivity index (χ1v) is 8.62. The fraction of sp³-hybridized carbons (Fsp3) is 0.400. The summed E-state index contributed by atoms with van der Waals surface area (Å²) >= 11 is 0. The van der Waals surface area contributed by atoms with Crippen molar-refractivity contribution in [1.29, 1.82) is 0 Å². The quantitative estimate of drug-likeness (QED) is 0.802. The average molecular weight is 343 g/mol. The number of allylic oxidation sites excluding steroid dienone is 1. The molecule has 0 saturated carbocycles. The highest BCUT2D eigenvalue weighted by Gasteiger charge is 2.35. The van der Waals surface area contributed by atoms with Gasteiger partial charge in [0, 0.05) is 11.6 Å². The molecule has 0 unspecified atom stereocenters. The molecule has 0 radical (unpaired) electrons. The normalized spacial score (nSPS) is 17.2. The molecule has 1 aromatic carbocycles. The van der Waals surface area contributed by atoms with Gasteiger partial charge in [-0.1, -0.05) is 44.2 Å². The predicted molar refractivity (Wildman–Crippen MR) is 96.2 cm³/mol. The maximum absolute atomic E-state index is 12.6. The van der Waals surface area contributed by atoms with Crippen LogP contribution in [0.1, 0.15) is 39.7 Å². The van der Waals surface area contributed by atoms with E-state index in [4.69, 9.17) is 9.47 Å². The third-order valence-corrected chi connectivity index (χ3v) is 4.07. The van der Waals surface area contributed by atoms with Gasteiger partial charge in [-0.3, -0.25) is 0 Å². The fourth-order valence-corrected chi connectivity index (χ4v) is 2.93. The van der Waals surface area contributed by atoms with Gasteiger partial charge in [0.05, 0.1) is 30.1 Å². The molecule has 1 aromatic rings. The van der Waals surface area contributed by atoms with Crippen LogP contribution in [0.15, 0.2) is 47.2 Å². The molecule has 1 N–H and O–H groups in total. The Hall–Kier alpha value is -2.56. The summed E-state index contributed by atoms with van der Waals surface area (Å²) in [6.07, 6.45) is 0.746. The lowest BCUT2D eigenvalue weighted by molar-refractivity contribution is -0.140. The molecule has 5 nitrogen and oxygen atoms in total. The summed E-state index contributed by atoms with van der Waals surface area (Å²) in [7, 11) is 0. The Morgan fingerprint density at radius 2 is 1.68 bits per heavy atom. The van der Waals surface area contributed by atoms with Gasteiger partial charge in [-0.05, 0) is 25.8 Å². The highest BCUT2D eigenvalue weighted by Crippen LogP contribution is 2.34. The maximum Gasteiger partial charge on any atom is 0.336 e. The van der Waals surface area contributed by atoms with Gasteiger partial charge in [0.25, 0.3) is 0 Å². The first-order valence-electron chi connectivity index (χ1n) is 8.62. The highest BCUT2D eigenvalue weighted by molar-refractivity contribution is 6.03. The molecule has 0 spiro atoms. The van der Waals surface area contributed by atoms with Crippen molar-refractivity contribution in [3.8, 4) is 0 Å². The Bertz CT molecular complexity index is 704. The van der Waals surface area contributed by atoms with Crippen molar-refractivity contribution in [3.63, 3.8) is 0 Å². The molecule has 2 rings (SSSR count). The summed E-state index contributed by atoms with van der Waals surface area (Å²) in [5.74, 6) is -1.23. The molecule has 1 aliphatic rings. The minimum atomic E-state index is -0.422. The molecule has 0 amide bonds. The molecule has 1 atom stereocenters. The van der Waals surface area contributed by atoms with Crippen molar-refractivity contribution in [2.24, 2.45) is 5.92 Å². The smallest absolute Gasteiger partial charge is 0.336 e. The molecule has 5 heteroatoms. The second-order valence-electron chi connectivity index (χ2n) is 5.90. The summed E-state index contributed by atoms with van der Waals surface area (Å²) in [5.41, 5.74) is 3.16. The lowest BCUT2D eigenvalue weighted by Gasteiger charge is -2.29. The molecule has 1 aliphatic heterocycles. The molecule has 0 aromatic heterocycles. The molecule has 0 fully saturated rings. The van der Waals surface area contributed by atoms with Gasteiger partial charge in [0.2, 0.25) is 0 Å². The number of nitrogens with one attached hydrogen (secondary N) is 1. The first kappa shape index (κ1) is 18.8. The zero-order valence-electron chi connectivity index (χ0n) is 15.2. The van der Waals surface area contributed by atoms with E-state index in [0.717, 1.165) is 12.0 Å². The van der Waals surface area contributed by atoms with Crippen LogP contribution in [0.25, 0.3) is 5.70 Å². The van der Waals surface area contributed by atoms with Crippen LogP contribution in [-0.4, -0.2) is 25.2 Å². The Kier molecular flexibility index (Phi) is 6.39. The van der Waals surface area contributed by atoms with E-state index in [1.807, 2.05) is 51.1 Å². The van der Waals surface area contributed by atoms with E-state index >= 15 is 0 Å². The number of ether oxygens (including phenoxy) is 2. The number of esters is 2. The molecule has 0 bridgehead atoms. The Labute approximate surface area is 148 Å². The molecule has 0 saturated heterocycles. The SMILES string of the molecule is CCCOC(=O)C1=C(C)NC(c2ccccc2)=C(C(=O)OCC)[C@@H]1C. The molecular formula is C20H25NO4. The third kappa shape index (κ3) is 4.10. The Morgan fingerprint density at radius 1 is 1.04 bits per heavy atom. The summed E-state index contributed by atoms with van der Waals surface area (Å²) in [6, 6.07) is 9.56. The maximum atomic E-state index is 12.6. The van der Waals surface area contributed by atoms with Gasteiger partial charge in [0.15, 0.2) is 0 Å². The van der Waals surface area contributed by atoms with Crippen LogP contribution in [0.4, 0.5) is 0 Å². The lowest BCUT2D eigenvalue weighted by Crippen LogP contribution is -2.32. The van der Waals surface area contributed by atoms with Gasteiger partial charge >= 0.3 is 11.9 Å². The van der Waals surface area contributed by atoms with E-state index < -0.39 is 17.9 Å². The van der Waals surface area contributed by atoms with E-state index in [1.165, 1.54) is 0 Å². The van der Waals surface area contributed by atoms with Crippen molar-refractivity contribution in [3.05, 3.63) is 52.7 Å². The number of dihydropyridines is 1. The average Bonchev–Trinajstić information content (AvgIpc) is 2.60. The van der Waals surface area contributed by atoms with Gasteiger partial charge in [-0.15, -0.1) is 0 Å². The molecule has 134 valence electrons. The van der Waals surface area contributed by atoms with E-state index in [2.05, 4.69) is 5.32 Å². The number of rotatable bonds is 6. The van der Waals surface area contributed by atoms with Crippen LogP contribution >= 0.6 is 0 Å². The first-order chi connectivity index (χ1) is 12.0. The van der Waals surface area contributed by atoms with Crippen LogP contribution in [0.3, 0.4) is 0 Å².